The van der Waals surface area contributed by atoms with Crippen LogP contribution in [-0.2, 0) is 14.8 Å². The zero-order valence-electron chi connectivity index (χ0n) is 16.3. The molecular formula is C20H26N2O4S. The molecule has 0 heterocycles. The van der Waals surface area contributed by atoms with Gasteiger partial charge in [-0.3, -0.25) is 4.79 Å². The number of nitrogens with zero attached hydrogens (tertiary/aromatic N) is 1. The van der Waals surface area contributed by atoms with Gasteiger partial charge in [-0.2, -0.15) is 0 Å². The first-order chi connectivity index (χ1) is 12.6. The number of ether oxygens (including phenoxy) is 1. The van der Waals surface area contributed by atoms with Gasteiger partial charge in [0.1, 0.15) is 5.75 Å². The Morgan fingerprint density at radius 3 is 2.48 bits per heavy atom. The molecule has 0 unspecified atom stereocenters. The van der Waals surface area contributed by atoms with Crippen LogP contribution in [-0.4, -0.2) is 39.3 Å². The van der Waals surface area contributed by atoms with Crippen molar-refractivity contribution in [2.45, 2.75) is 31.6 Å². The number of hydrogen-bond acceptors (Lipinski definition) is 4. The SMILES string of the molecule is Cc1ccc(S(=O)(=O)N(C)C)cc1NC(=O)COc1cccc(C(C)C)c1. The van der Waals surface area contributed by atoms with Crippen LogP contribution in [0, 0.1) is 6.92 Å². The number of rotatable bonds is 7. The molecule has 0 aromatic heterocycles. The Balaban J connectivity index is 2.09. The second-order valence-electron chi connectivity index (χ2n) is 6.83. The zero-order chi connectivity index (χ0) is 20.2. The third-order valence-corrected chi connectivity index (χ3v) is 5.97. The molecule has 0 bridgehead atoms. The van der Waals surface area contributed by atoms with E-state index >= 15 is 0 Å². The largest absolute Gasteiger partial charge is 0.484 e. The Labute approximate surface area is 161 Å². The van der Waals surface area contributed by atoms with Crippen LogP contribution in [0.2, 0.25) is 0 Å². The van der Waals surface area contributed by atoms with Crippen LogP contribution < -0.4 is 10.1 Å². The summed E-state index contributed by atoms with van der Waals surface area (Å²) in [5, 5.41) is 2.72. The number of amides is 1. The molecule has 0 atom stereocenters. The van der Waals surface area contributed by atoms with E-state index in [0.29, 0.717) is 17.4 Å². The second kappa shape index (κ2) is 8.54. The molecule has 0 fully saturated rings. The predicted octanol–water partition coefficient (Wildman–Crippen LogP) is 3.39. The summed E-state index contributed by atoms with van der Waals surface area (Å²) >= 11 is 0. The molecule has 0 saturated heterocycles. The predicted molar refractivity (Wildman–Crippen MR) is 107 cm³/mol. The van der Waals surface area contributed by atoms with Crippen molar-refractivity contribution in [2.24, 2.45) is 0 Å². The van der Waals surface area contributed by atoms with Crippen molar-refractivity contribution < 1.29 is 17.9 Å². The first-order valence-corrected chi connectivity index (χ1v) is 10.1. The van der Waals surface area contributed by atoms with Crippen molar-refractivity contribution in [3.8, 4) is 5.75 Å². The highest BCUT2D eigenvalue weighted by molar-refractivity contribution is 7.89. The Morgan fingerprint density at radius 2 is 1.85 bits per heavy atom. The Kier molecular flexibility index (Phi) is 6.62. The van der Waals surface area contributed by atoms with Gasteiger partial charge in [-0.1, -0.05) is 32.0 Å². The molecule has 2 aromatic rings. The molecule has 0 aliphatic rings. The molecule has 2 aromatic carbocycles. The molecule has 1 amide bonds. The Bertz CT molecular complexity index is 921. The standard InChI is InChI=1S/C20H26N2O4S/c1-14(2)16-7-6-8-17(11-16)26-13-20(23)21-19-12-18(10-9-15(19)3)27(24,25)22(4)5/h6-12,14H,13H2,1-5H3,(H,21,23). The summed E-state index contributed by atoms with van der Waals surface area (Å²) in [4.78, 5) is 12.4. The van der Waals surface area contributed by atoms with Crippen molar-refractivity contribution in [2.75, 3.05) is 26.0 Å². The van der Waals surface area contributed by atoms with Gasteiger partial charge in [0, 0.05) is 19.8 Å². The summed E-state index contributed by atoms with van der Waals surface area (Å²) in [5.41, 5.74) is 2.34. The van der Waals surface area contributed by atoms with E-state index in [2.05, 4.69) is 19.2 Å². The van der Waals surface area contributed by atoms with E-state index in [1.165, 1.54) is 26.2 Å². The van der Waals surface area contributed by atoms with Crippen LogP contribution in [0.1, 0.15) is 30.9 Å². The van der Waals surface area contributed by atoms with Crippen LogP contribution in [0.15, 0.2) is 47.4 Å². The van der Waals surface area contributed by atoms with Gasteiger partial charge < -0.3 is 10.1 Å². The topological polar surface area (TPSA) is 75.7 Å². The molecule has 0 aliphatic heterocycles. The molecule has 0 aliphatic carbocycles. The van der Waals surface area contributed by atoms with Gasteiger partial charge >= 0.3 is 0 Å². The highest BCUT2D eigenvalue weighted by Crippen LogP contribution is 2.23. The van der Waals surface area contributed by atoms with E-state index < -0.39 is 10.0 Å². The molecule has 0 spiro atoms. The number of aryl methyl sites for hydroxylation is 1. The van der Waals surface area contributed by atoms with Crippen molar-refractivity contribution in [1.82, 2.24) is 4.31 Å². The van der Waals surface area contributed by atoms with Crippen LogP contribution in [0.25, 0.3) is 0 Å². The second-order valence-corrected chi connectivity index (χ2v) is 8.98. The fourth-order valence-electron chi connectivity index (χ4n) is 2.41. The van der Waals surface area contributed by atoms with Gasteiger partial charge in [0.25, 0.3) is 5.91 Å². The minimum Gasteiger partial charge on any atom is -0.484 e. The summed E-state index contributed by atoms with van der Waals surface area (Å²) in [6, 6.07) is 12.3. The average Bonchev–Trinajstić information content (AvgIpc) is 2.61. The minimum atomic E-state index is -3.57. The van der Waals surface area contributed by atoms with Crippen molar-refractivity contribution in [3.63, 3.8) is 0 Å². The molecule has 0 radical (unpaired) electrons. The lowest BCUT2D eigenvalue weighted by molar-refractivity contribution is -0.118. The molecule has 1 N–H and O–H groups in total. The molecule has 6 nitrogen and oxygen atoms in total. The van der Waals surface area contributed by atoms with Crippen molar-refractivity contribution >= 4 is 21.6 Å². The lowest BCUT2D eigenvalue weighted by Gasteiger charge is -2.15. The molecule has 27 heavy (non-hydrogen) atoms. The lowest BCUT2D eigenvalue weighted by Crippen LogP contribution is -2.23. The summed E-state index contributed by atoms with van der Waals surface area (Å²) in [5.74, 6) is 0.635. The molecule has 7 heteroatoms. The van der Waals surface area contributed by atoms with Gasteiger partial charge in [0.15, 0.2) is 6.61 Å². The highest BCUT2D eigenvalue weighted by Gasteiger charge is 2.18. The van der Waals surface area contributed by atoms with Gasteiger partial charge in [0.2, 0.25) is 10.0 Å². The third kappa shape index (κ3) is 5.30. The highest BCUT2D eigenvalue weighted by atomic mass is 32.2. The van der Waals surface area contributed by atoms with Crippen LogP contribution in [0.5, 0.6) is 5.75 Å². The maximum Gasteiger partial charge on any atom is 0.262 e. The molecule has 2 rings (SSSR count). The Morgan fingerprint density at radius 1 is 1.15 bits per heavy atom. The van der Waals surface area contributed by atoms with Gasteiger partial charge in [-0.15, -0.1) is 0 Å². The smallest absolute Gasteiger partial charge is 0.262 e. The number of sulfonamides is 1. The monoisotopic (exact) mass is 390 g/mol. The fraction of sp³-hybridized carbons (Fsp3) is 0.350. The van der Waals surface area contributed by atoms with Crippen molar-refractivity contribution in [3.05, 3.63) is 53.6 Å². The number of nitrogens with one attached hydrogen (secondary N) is 1. The minimum absolute atomic E-state index is 0.124. The maximum absolute atomic E-state index is 12.3. The van der Waals surface area contributed by atoms with Crippen LogP contribution in [0.4, 0.5) is 5.69 Å². The quantitative estimate of drug-likeness (QED) is 0.786. The first kappa shape index (κ1) is 20.9. The zero-order valence-corrected chi connectivity index (χ0v) is 17.1. The number of carbonyl (C=O) groups excluding carboxylic acids is 1. The summed E-state index contributed by atoms with van der Waals surface area (Å²) < 4.78 is 31.2. The van der Waals surface area contributed by atoms with Gasteiger partial charge in [-0.25, -0.2) is 12.7 Å². The number of benzene rings is 2. The third-order valence-electron chi connectivity index (χ3n) is 4.16. The van der Waals surface area contributed by atoms with E-state index in [4.69, 9.17) is 4.74 Å². The lowest BCUT2D eigenvalue weighted by atomic mass is 10.0. The summed E-state index contributed by atoms with van der Waals surface area (Å²) in [6.45, 7) is 5.81. The molecule has 146 valence electrons. The van der Waals surface area contributed by atoms with Crippen molar-refractivity contribution in [1.29, 1.82) is 0 Å². The summed E-state index contributed by atoms with van der Waals surface area (Å²) in [7, 11) is -0.640. The number of hydrogen-bond donors (Lipinski definition) is 1. The fourth-order valence-corrected chi connectivity index (χ4v) is 3.33. The molecular weight excluding hydrogens is 364 g/mol. The Hall–Kier alpha value is -2.38. The van der Waals surface area contributed by atoms with Gasteiger partial charge in [0.05, 0.1) is 4.90 Å². The van der Waals surface area contributed by atoms with E-state index in [9.17, 15) is 13.2 Å². The first-order valence-electron chi connectivity index (χ1n) is 8.67. The number of carbonyl (C=O) groups is 1. The summed E-state index contributed by atoms with van der Waals surface area (Å²) in [6.07, 6.45) is 0. The van der Waals surface area contributed by atoms with E-state index in [1.807, 2.05) is 18.2 Å². The van der Waals surface area contributed by atoms with E-state index in [1.54, 1.807) is 19.1 Å². The van der Waals surface area contributed by atoms with E-state index in [-0.39, 0.29) is 17.4 Å². The van der Waals surface area contributed by atoms with Gasteiger partial charge in [-0.05, 0) is 48.2 Å². The average molecular weight is 391 g/mol. The molecule has 0 saturated carbocycles. The normalized spacial score (nSPS) is 11.7. The van der Waals surface area contributed by atoms with Crippen LogP contribution in [0.3, 0.4) is 0 Å². The number of anilines is 1. The van der Waals surface area contributed by atoms with E-state index in [0.717, 1.165) is 15.4 Å². The van der Waals surface area contributed by atoms with Crippen LogP contribution >= 0.6 is 0 Å². The maximum atomic E-state index is 12.3.